The molecule has 1 aromatic heterocycles. The molecule has 3 nitrogen and oxygen atoms in total. The fourth-order valence-corrected chi connectivity index (χ4v) is 5.08. The number of carboxylic acid groups (broad SMARTS) is 1. The molecule has 1 aliphatic heterocycles. The van der Waals surface area contributed by atoms with Crippen LogP contribution in [-0.4, -0.2) is 28.6 Å². The third kappa shape index (κ3) is 4.03. The maximum atomic E-state index is 11.8. The van der Waals surface area contributed by atoms with Crippen molar-refractivity contribution in [1.82, 2.24) is 4.90 Å². The van der Waals surface area contributed by atoms with E-state index < -0.39 is 12.0 Å². The Hall–Kier alpha value is -1.07. The number of halogens is 2. The molecule has 2 aromatic rings. The lowest BCUT2D eigenvalue weighted by Gasteiger charge is -2.39. The van der Waals surface area contributed by atoms with Crippen molar-refractivity contribution in [3.8, 4) is 0 Å². The Kier molecular flexibility index (Phi) is 6.05. The van der Waals surface area contributed by atoms with E-state index in [0.29, 0.717) is 16.5 Å². The fourth-order valence-electron chi connectivity index (χ4n) is 3.48. The number of rotatable bonds is 5. The number of nitrogens with zero attached hydrogens (tertiary/aromatic N) is 1. The summed E-state index contributed by atoms with van der Waals surface area (Å²) in [7, 11) is 0. The Balaban J connectivity index is 2.09. The summed E-state index contributed by atoms with van der Waals surface area (Å²) >= 11 is 14.3. The summed E-state index contributed by atoms with van der Waals surface area (Å²) in [4.78, 5) is 16.3. The zero-order valence-electron chi connectivity index (χ0n) is 14.0. The Morgan fingerprint density at radius 2 is 2.12 bits per heavy atom. The molecule has 1 N–H and O–H groups in total. The maximum absolute atomic E-state index is 11.8. The maximum Gasteiger partial charge on any atom is 0.320 e. The molecule has 1 fully saturated rings. The van der Waals surface area contributed by atoms with E-state index in [1.54, 1.807) is 17.4 Å². The molecule has 2 heterocycles. The molecule has 0 amide bonds. The Labute approximate surface area is 162 Å². The lowest BCUT2D eigenvalue weighted by Crippen LogP contribution is -2.46. The van der Waals surface area contributed by atoms with E-state index >= 15 is 0 Å². The number of aryl methyl sites for hydroxylation is 1. The molecule has 6 heteroatoms. The highest BCUT2D eigenvalue weighted by atomic mass is 35.5. The molecule has 3 rings (SSSR count). The number of hydrogen-bond acceptors (Lipinski definition) is 3. The molecule has 0 bridgehead atoms. The number of hydrogen-bond donors (Lipinski definition) is 1. The molecule has 134 valence electrons. The zero-order chi connectivity index (χ0) is 18.0. The van der Waals surface area contributed by atoms with Gasteiger partial charge in [0.2, 0.25) is 0 Å². The van der Waals surface area contributed by atoms with Crippen molar-refractivity contribution >= 4 is 40.5 Å². The van der Waals surface area contributed by atoms with Crippen LogP contribution in [0.4, 0.5) is 0 Å². The van der Waals surface area contributed by atoms with Gasteiger partial charge in [-0.05, 0) is 55.6 Å². The highest BCUT2D eigenvalue weighted by molar-refractivity contribution is 7.12. The quantitative estimate of drug-likeness (QED) is 0.708. The molecule has 0 saturated carbocycles. The number of carboxylic acids is 1. The van der Waals surface area contributed by atoms with Gasteiger partial charge in [-0.1, -0.05) is 42.6 Å². The third-order valence-corrected chi connectivity index (χ3v) is 6.56. The van der Waals surface area contributed by atoms with E-state index in [1.807, 2.05) is 12.1 Å². The summed E-state index contributed by atoms with van der Waals surface area (Å²) in [6.07, 6.45) is 3.58. The summed E-state index contributed by atoms with van der Waals surface area (Å²) in [5, 5.41) is 10.9. The van der Waals surface area contributed by atoms with Crippen LogP contribution in [-0.2, 0) is 11.2 Å². The minimum absolute atomic E-state index is 0.156. The monoisotopic (exact) mass is 397 g/mol. The highest BCUT2D eigenvalue weighted by Gasteiger charge is 2.36. The van der Waals surface area contributed by atoms with Gasteiger partial charge in [-0.15, -0.1) is 11.3 Å². The molecule has 1 aliphatic rings. The van der Waals surface area contributed by atoms with Crippen molar-refractivity contribution in [2.75, 3.05) is 6.54 Å². The van der Waals surface area contributed by atoms with Crippen LogP contribution in [0.25, 0.3) is 0 Å². The van der Waals surface area contributed by atoms with Gasteiger partial charge in [0.05, 0.1) is 6.04 Å². The van der Waals surface area contributed by atoms with Gasteiger partial charge in [0.25, 0.3) is 0 Å². The lowest BCUT2D eigenvalue weighted by atomic mass is 9.95. The van der Waals surface area contributed by atoms with Crippen LogP contribution >= 0.6 is 34.5 Å². The molecular formula is C19H21Cl2NO2S. The first kappa shape index (κ1) is 18.7. The van der Waals surface area contributed by atoms with E-state index in [2.05, 4.69) is 24.0 Å². The number of likely N-dealkylation sites (tertiary alicyclic amines) is 1. The lowest BCUT2D eigenvalue weighted by molar-refractivity contribution is -0.145. The second-order valence-corrected chi connectivity index (χ2v) is 8.36. The summed E-state index contributed by atoms with van der Waals surface area (Å²) in [6.45, 7) is 2.88. The SMILES string of the molecule is CCc1ccc(C(c2ccc(Cl)cc2Cl)N2CCCCC2C(=O)O)s1. The van der Waals surface area contributed by atoms with Crippen LogP contribution in [0.15, 0.2) is 30.3 Å². The average molecular weight is 398 g/mol. The average Bonchev–Trinajstić information content (AvgIpc) is 3.06. The first-order valence-corrected chi connectivity index (χ1v) is 10.1. The predicted molar refractivity (Wildman–Crippen MR) is 104 cm³/mol. The second kappa shape index (κ2) is 8.09. The third-order valence-electron chi connectivity index (χ3n) is 4.72. The van der Waals surface area contributed by atoms with Crippen molar-refractivity contribution in [2.24, 2.45) is 0 Å². The number of benzene rings is 1. The second-order valence-electron chi connectivity index (χ2n) is 6.31. The molecule has 0 spiro atoms. The highest BCUT2D eigenvalue weighted by Crippen LogP contribution is 2.40. The Bertz CT molecular complexity index is 762. The normalized spacial score (nSPS) is 19.7. The zero-order valence-corrected chi connectivity index (χ0v) is 16.4. The molecule has 1 saturated heterocycles. The molecule has 1 aromatic carbocycles. The van der Waals surface area contributed by atoms with Gasteiger partial charge in [0.15, 0.2) is 0 Å². The largest absolute Gasteiger partial charge is 0.480 e. The predicted octanol–water partition coefficient (Wildman–Crippen LogP) is 5.65. The van der Waals surface area contributed by atoms with Crippen LogP contribution in [0, 0.1) is 0 Å². The van der Waals surface area contributed by atoms with Gasteiger partial charge in [-0.3, -0.25) is 9.69 Å². The first-order chi connectivity index (χ1) is 12.0. The molecular weight excluding hydrogens is 377 g/mol. The van der Waals surface area contributed by atoms with Crippen LogP contribution in [0.3, 0.4) is 0 Å². The summed E-state index contributed by atoms with van der Waals surface area (Å²) in [5.41, 5.74) is 0.920. The number of carbonyl (C=O) groups is 1. The standard InChI is InChI=1S/C19H21Cl2NO2S/c1-2-13-7-9-17(25-13)18(14-8-6-12(20)11-15(14)21)22-10-4-3-5-16(22)19(23)24/h6-9,11,16,18H,2-5,10H2,1H3,(H,23,24). The van der Waals surface area contributed by atoms with Crippen molar-refractivity contribution in [3.63, 3.8) is 0 Å². The molecule has 0 radical (unpaired) electrons. The van der Waals surface area contributed by atoms with Crippen LogP contribution < -0.4 is 0 Å². The van der Waals surface area contributed by atoms with Gasteiger partial charge in [0, 0.05) is 19.8 Å². The van der Waals surface area contributed by atoms with Gasteiger partial charge in [-0.2, -0.15) is 0 Å². The Morgan fingerprint density at radius 3 is 2.76 bits per heavy atom. The summed E-state index contributed by atoms with van der Waals surface area (Å²) in [5.74, 6) is -0.762. The minimum atomic E-state index is -0.762. The number of aliphatic carboxylic acids is 1. The topological polar surface area (TPSA) is 40.5 Å². The van der Waals surface area contributed by atoms with Crippen molar-refractivity contribution in [1.29, 1.82) is 0 Å². The molecule has 2 atom stereocenters. The number of piperidine rings is 1. The van der Waals surface area contributed by atoms with Crippen molar-refractivity contribution in [2.45, 2.75) is 44.7 Å². The van der Waals surface area contributed by atoms with Gasteiger partial charge in [-0.25, -0.2) is 0 Å². The molecule has 0 aliphatic carbocycles. The summed E-state index contributed by atoms with van der Waals surface area (Å²) in [6, 6.07) is 9.06. The molecule has 2 unspecified atom stereocenters. The van der Waals surface area contributed by atoms with E-state index in [-0.39, 0.29) is 6.04 Å². The van der Waals surface area contributed by atoms with Gasteiger partial charge >= 0.3 is 5.97 Å². The van der Waals surface area contributed by atoms with Crippen LogP contribution in [0.1, 0.15) is 47.5 Å². The van der Waals surface area contributed by atoms with E-state index in [1.165, 1.54) is 4.88 Å². The van der Waals surface area contributed by atoms with E-state index in [0.717, 1.165) is 36.2 Å². The van der Waals surface area contributed by atoms with Crippen LogP contribution in [0.2, 0.25) is 10.0 Å². The minimum Gasteiger partial charge on any atom is -0.480 e. The summed E-state index contributed by atoms with van der Waals surface area (Å²) < 4.78 is 0. The fraction of sp³-hybridized carbons (Fsp3) is 0.421. The van der Waals surface area contributed by atoms with Crippen LogP contribution in [0.5, 0.6) is 0 Å². The Morgan fingerprint density at radius 1 is 1.32 bits per heavy atom. The number of thiophene rings is 1. The van der Waals surface area contributed by atoms with Crippen molar-refractivity contribution in [3.05, 3.63) is 55.7 Å². The van der Waals surface area contributed by atoms with E-state index in [9.17, 15) is 9.90 Å². The molecule has 25 heavy (non-hydrogen) atoms. The van der Waals surface area contributed by atoms with Gasteiger partial charge < -0.3 is 5.11 Å². The van der Waals surface area contributed by atoms with Crippen molar-refractivity contribution < 1.29 is 9.90 Å². The smallest absolute Gasteiger partial charge is 0.320 e. The van der Waals surface area contributed by atoms with Gasteiger partial charge in [0.1, 0.15) is 6.04 Å². The first-order valence-electron chi connectivity index (χ1n) is 8.53. The van der Waals surface area contributed by atoms with E-state index in [4.69, 9.17) is 23.2 Å².